The number of rotatable bonds is 6. The Kier molecular flexibility index (Phi) is 6.58. The number of ether oxygens (including phenoxy) is 1. The van der Waals surface area contributed by atoms with Gasteiger partial charge in [-0.2, -0.15) is 0 Å². The molecule has 0 spiro atoms. The number of carbonyl (C=O) groups is 1. The average molecular weight is 392 g/mol. The Morgan fingerprint density at radius 1 is 1.00 bits per heavy atom. The maximum absolute atomic E-state index is 12.4. The molecular weight excluding hydrogens is 369 g/mol. The van der Waals surface area contributed by atoms with Gasteiger partial charge in [-0.15, -0.1) is 0 Å². The van der Waals surface area contributed by atoms with E-state index in [1.54, 1.807) is 12.1 Å². The smallest absolute Gasteiger partial charge is 0.220 e. The molecule has 3 nitrogen and oxygen atoms in total. The van der Waals surface area contributed by atoms with Crippen LogP contribution >= 0.6 is 23.2 Å². The van der Waals surface area contributed by atoms with Crippen molar-refractivity contribution in [3.8, 4) is 0 Å². The maximum atomic E-state index is 12.4. The zero-order chi connectivity index (χ0) is 18.4. The van der Waals surface area contributed by atoms with E-state index in [0.717, 1.165) is 31.6 Å². The number of carbonyl (C=O) groups excluding carboxylic acids is 1. The summed E-state index contributed by atoms with van der Waals surface area (Å²) in [4.78, 5) is 12.4. The first-order valence-corrected chi connectivity index (χ1v) is 9.69. The Morgan fingerprint density at radius 3 is 2.31 bits per heavy atom. The minimum atomic E-state index is -0.0583. The number of halogens is 2. The molecule has 5 heteroatoms. The molecule has 0 aliphatic carbocycles. The van der Waals surface area contributed by atoms with Crippen LogP contribution in [0.1, 0.15) is 30.4 Å². The van der Waals surface area contributed by atoms with Crippen molar-refractivity contribution in [2.45, 2.75) is 31.1 Å². The van der Waals surface area contributed by atoms with Gasteiger partial charge in [0.2, 0.25) is 5.91 Å². The molecule has 0 bridgehead atoms. The van der Waals surface area contributed by atoms with Crippen molar-refractivity contribution in [1.29, 1.82) is 0 Å². The standard InChI is InChI=1S/C21H23Cl2NO2/c22-18-7-4-8-19(23)17(18)9-10-20(25)24-15-21(11-13-26-14-12-21)16-5-2-1-3-6-16/h1-8H,9-15H2,(H,24,25). The number of benzene rings is 2. The van der Waals surface area contributed by atoms with Gasteiger partial charge in [0.15, 0.2) is 0 Å². The largest absolute Gasteiger partial charge is 0.381 e. The predicted octanol–water partition coefficient (Wildman–Crippen LogP) is 4.79. The molecule has 1 amide bonds. The van der Waals surface area contributed by atoms with E-state index < -0.39 is 0 Å². The lowest BCUT2D eigenvalue weighted by Gasteiger charge is -2.38. The van der Waals surface area contributed by atoms with Gasteiger partial charge in [-0.1, -0.05) is 59.6 Å². The van der Waals surface area contributed by atoms with E-state index in [4.69, 9.17) is 27.9 Å². The first kappa shape index (κ1) is 19.2. The van der Waals surface area contributed by atoms with Crippen LogP contribution in [0.25, 0.3) is 0 Å². The molecule has 26 heavy (non-hydrogen) atoms. The third-order valence-electron chi connectivity index (χ3n) is 5.12. The average Bonchev–Trinajstić information content (AvgIpc) is 2.67. The van der Waals surface area contributed by atoms with Crippen molar-refractivity contribution in [2.75, 3.05) is 19.8 Å². The van der Waals surface area contributed by atoms with Crippen molar-refractivity contribution in [1.82, 2.24) is 5.32 Å². The lowest BCUT2D eigenvalue weighted by Crippen LogP contribution is -2.44. The summed E-state index contributed by atoms with van der Waals surface area (Å²) in [7, 11) is 0. The highest BCUT2D eigenvalue weighted by molar-refractivity contribution is 6.36. The van der Waals surface area contributed by atoms with Gasteiger partial charge in [0, 0.05) is 41.6 Å². The molecule has 3 rings (SSSR count). The summed E-state index contributed by atoms with van der Waals surface area (Å²) in [6.45, 7) is 2.06. The maximum Gasteiger partial charge on any atom is 0.220 e. The van der Waals surface area contributed by atoms with E-state index in [9.17, 15) is 4.79 Å². The predicted molar refractivity (Wildman–Crippen MR) is 106 cm³/mol. The molecule has 2 aromatic carbocycles. The fourth-order valence-electron chi connectivity index (χ4n) is 3.49. The normalized spacial score (nSPS) is 16.2. The lowest BCUT2D eigenvalue weighted by atomic mass is 9.74. The van der Waals surface area contributed by atoms with Crippen LogP contribution in [-0.4, -0.2) is 25.7 Å². The summed E-state index contributed by atoms with van der Waals surface area (Å²) < 4.78 is 5.54. The fourth-order valence-corrected chi connectivity index (χ4v) is 4.07. The number of hydrogen-bond acceptors (Lipinski definition) is 2. The molecule has 2 aromatic rings. The Labute approximate surface area is 164 Å². The van der Waals surface area contributed by atoms with E-state index in [2.05, 4.69) is 17.4 Å². The number of nitrogens with one attached hydrogen (secondary N) is 1. The summed E-state index contributed by atoms with van der Waals surface area (Å²) >= 11 is 12.4. The first-order valence-electron chi connectivity index (χ1n) is 8.94. The van der Waals surface area contributed by atoms with E-state index in [0.29, 0.717) is 29.4 Å². The minimum Gasteiger partial charge on any atom is -0.381 e. The molecule has 0 atom stereocenters. The van der Waals surface area contributed by atoms with Crippen LogP contribution in [0.15, 0.2) is 48.5 Å². The second kappa shape index (κ2) is 8.90. The Bertz CT molecular complexity index is 723. The molecule has 0 saturated carbocycles. The highest BCUT2D eigenvalue weighted by Gasteiger charge is 2.34. The molecule has 0 aromatic heterocycles. The summed E-state index contributed by atoms with van der Waals surface area (Å²) in [6, 6.07) is 15.8. The highest BCUT2D eigenvalue weighted by Crippen LogP contribution is 2.34. The van der Waals surface area contributed by atoms with Gasteiger partial charge in [-0.25, -0.2) is 0 Å². The Morgan fingerprint density at radius 2 is 1.65 bits per heavy atom. The topological polar surface area (TPSA) is 38.3 Å². The second-order valence-corrected chi connectivity index (χ2v) is 7.55. The van der Waals surface area contributed by atoms with E-state index in [1.165, 1.54) is 5.56 Å². The van der Waals surface area contributed by atoms with Crippen molar-refractivity contribution in [3.63, 3.8) is 0 Å². The molecule has 0 radical (unpaired) electrons. The van der Waals surface area contributed by atoms with Crippen LogP contribution in [0.5, 0.6) is 0 Å². The van der Waals surface area contributed by atoms with Crippen molar-refractivity contribution in [2.24, 2.45) is 0 Å². The molecule has 1 aliphatic heterocycles. The van der Waals surface area contributed by atoms with Crippen LogP contribution in [0.3, 0.4) is 0 Å². The number of amides is 1. The van der Waals surface area contributed by atoms with Crippen LogP contribution in [0.2, 0.25) is 10.0 Å². The molecule has 1 heterocycles. The highest BCUT2D eigenvalue weighted by atomic mass is 35.5. The summed E-state index contributed by atoms with van der Waals surface area (Å²) in [6.07, 6.45) is 2.72. The fraction of sp³-hybridized carbons (Fsp3) is 0.381. The second-order valence-electron chi connectivity index (χ2n) is 6.74. The third-order valence-corrected chi connectivity index (χ3v) is 5.83. The van der Waals surface area contributed by atoms with Gasteiger partial charge in [0.05, 0.1) is 0 Å². The first-order chi connectivity index (χ1) is 12.6. The summed E-state index contributed by atoms with van der Waals surface area (Å²) in [5, 5.41) is 4.33. The van der Waals surface area contributed by atoms with Crippen molar-refractivity contribution in [3.05, 3.63) is 69.7 Å². The zero-order valence-corrected chi connectivity index (χ0v) is 16.2. The van der Waals surface area contributed by atoms with E-state index in [1.807, 2.05) is 24.3 Å². The van der Waals surface area contributed by atoms with Gasteiger partial charge in [-0.3, -0.25) is 4.79 Å². The molecule has 1 fully saturated rings. The Balaban J connectivity index is 1.61. The lowest BCUT2D eigenvalue weighted by molar-refractivity contribution is -0.121. The SMILES string of the molecule is O=C(CCc1c(Cl)cccc1Cl)NCC1(c2ccccc2)CCOCC1. The molecular formula is C21H23Cl2NO2. The van der Waals surface area contributed by atoms with Crippen LogP contribution in [0.4, 0.5) is 0 Å². The number of hydrogen-bond donors (Lipinski definition) is 1. The van der Waals surface area contributed by atoms with Gasteiger partial charge in [0.25, 0.3) is 0 Å². The molecule has 1 saturated heterocycles. The van der Waals surface area contributed by atoms with Gasteiger partial charge < -0.3 is 10.1 Å². The minimum absolute atomic E-state index is 0.0165. The van der Waals surface area contributed by atoms with E-state index in [-0.39, 0.29) is 11.3 Å². The van der Waals surface area contributed by atoms with Crippen molar-refractivity contribution < 1.29 is 9.53 Å². The third kappa shape index (κ3) is 4.59. The van der Waals surface area contributed by atoms with Crippen LogP contribution in [-0.2, 0) is 21.4 Å². The summed E-state index contributed by atoms with van der Waals surface area (Å²) in [5.74, 6) is 0.0165. The Hall–Kier alpha value is -1.55. The summed E-state index contributed by atoms with van der Waals surface area (Å²) in [5.41, 5.74) is 2.03. The van der Waals surface area contributed by atoms with Crippen molar-refractivity contribution >= 4 is 29.1 Å². The van der Waals surface area contributed by atoms with E-state index >= 15 is 0 Å². The quantitative estimate of drug-likeness (QED) is 0.768. The van der Waals surface area contributed by atoms with Gasteiger partial charge in [0.1, 0.15) is 0 Å². The molecule has 1 N–H and O–H groups in total. The molecule has 138 valence electrons. The molecule has 0 unspecified atom stereocenters. The van der Waals surface area contributed by atoms with Gasteiger partial charge in [-0.05, 0) is 42.5 Å². The van der Waals surface area contributed by atoms with Gasteiger partial charge >= 0.3 is 0 Å². The van der Waals surface area contributed by atoms with Crippen LogP contribution < -0.4 is 5.32 Å². The monoisotopic (exact) mass is 391 g/mol. The molecule has 1 aliphatic rings. The zero-order valence-electron chi connectivity index (χ0n) is 14.6. The van der Waals surface area contributed by atoms with Crippen LogP contribution in [0, 0.1) is 0 Å².